The largest absolute Gasteiger partial charge is 2.00 e. The molecule has 0 aliphatic rings. The van der Waals surface area contributed by atoms with E-state index in [1.165, 1.54) is 44.5 Å². The van der Waals surface area contributed by atoms with Crippen LogP contribution in [0.25, 0.3) is 134 Å². The normalized spacial score (nSPS) is 10.1. The molecule has 0 saturated carbocycles. The first-order valence-electron chi connectivity index (χ1n) is 37.8. The van der Waals surface area contributed by atoms with Crippen LogP contribution in [-0.2, 0) is 84.7 Å². The summed E-state index contributed by atoms with van der Waals surface area (Å²) in [5.41, 5.74) is 40.0. The number of nitrogens with two attached hydrogens (primary N) is 2. The van der Waals surface area contributed by atoms with E-state index >= 15 is 0 Å². The summed E-state index contributed by atoms with van der Waals surface area (Å²) >= 11 is 23.5. The van der Waals surface area contributed by atoms with Gasteiger partial charge in [-0.05, 0) is 206 Å². The molecule has 4 N–H and O–H groups in total. The molecule has 564 valence electrons. The molecule has 116 heavy (non-hydrogen) atoms. The van der Waals surface area contributed by atoms with Gasteiger partial charge in [-0.1, -0.05) is 400 Å². The van der Waals surface area contributed by atoms with Crippen LogP contribution in [0.1, 0.15) is 0 Å². The SMILES string of the molecule is Nc1ccccc1.Nc1ccccc1.[Fe+2].[Fe+2].[S-]c1c(-c2ccccc2)cc(-c2ccccc2)cc1-c1ccccc1.[S-]c1c(-c2ccccc2)cc(-c2ccccc2)cc1-c1ccccc1.[S-]c1c(-c2ccccc2)cc(-c2ccccc2)cc1-c1ccccc1.[S-]c1c(-c2ccccc2)cc(-c2ccccc2)cc1-c1ccccc1. The Morgan fingerprint density at radius 3 is 0.310 bits per heavy atom. The van der Waals surface area contributed by atoms with Crippen LogP contribution in [0.3, 0.4) is 0 Å². The number of hydrogen-bond donors (Lipinski definition) is 2. The van der Waals surface area contributed by atoms with Crippen LogP contribution in [0.5, 0.6) is 0 Å². The van der Waals surface area contributed by atoms with Crippen molar-refractivity contribution in [3.8, 4) is 134 Å². The third-order valence-corrected chi connectivity index (χ3v) is 20.8. The van der Waals surface area contributed by atoms with Crippen molar-refractivity contribution in [1.29, 1.82) is 0 Å². The van der Waals surface area contributed by atoms with Gasteiger partial charge in [-0.15, -0.1) is 0 Å². The van der Waals surface area contributed by atoms with Gasteiger partial charge in [0.1, 0.15) is 0 Å². The minimum absolute atomic E-state index is 0. The monoisotopic (exact) mass is 1650 g/mol. The minimum Gasteiger partial charge on any atom is -0.779 e. The average Bonchev–Trinajstić information content (AvgIpc) is 0.803. The molecule has 0 atom stereocenters. The molecule has 0 aliphatic heterocycles. The van der Waals surface area contributed by atoms with E-state index in [1.807, 2.05) is 133 Å². The molecule has 0 fully saturated rings. The van der Waals surface area contributed by atoms with E-state index in [0.29, 0.717) is 0 Å². The van der Waals surface area contributed by atoms with Gasteiger partial charge in [0.15, 0.2) is 0 Å². The Bertz CT molecular complexity index is 5010. The number of nitrogen functional groups attached to an aromatic ring is 2. The number of benzene rings is 18. The van der Waals surface area contributed by atoms with E-state index < -0.39 is 0 Å². The van der Waals surface area contributed by atoms with Crippen molar-refractivity contribution in [2.45, 2.75) is 19.6 Å². The Morgan fingerprint density at radius 2 is 0.216 bits per heavy atom. The first kappa shape index (κ1) is 84.4. The predicted octanol–water partition coefficient (Wildman–Crippen LogP) is 28.9. The molecule has 0 bridgehead atoms. The smallest absolute Gasteiger partial charge is 0.779 e. The molecule has 0 saturated heterocycles. The summed E-state index contributed by atoms with van der Waals surface area (Å²) in [7, 11) is 0. The molecule has 2 nitrogen and oxygen atoms in total. The van der Waals surface area contributed by atoms with Crippen molar-refractivity contribution in [2.24, 2.45) is 0 Å². The fourth-order valence-corrected chi connectivity index (χ4v) is 14.7. The Kier molecular flexibility index (Phi) is 31.8. The molecular weight excluding hydrogens is 1570 g/mol. The first-order chi connectivity index (χ1) is 56.1. The second-order valence-electron chi connectivity index (χ2n) is 26.8. The standard InChI is InChI=1S/4C24H18S.2C6H7N.2Fe/c4*25-24-22(19-12-6-2-7-13-19)16-21(18-10-4-1-5-11-18)17-23(24)20-14-8-3-9-15-20;2*7-6-4-2-1-3-5-6;;/h4*1-17,25H;2*1-5H,7H2;;/q;;;;;;2*+2/p-4. The minimum atomic E-state index is 0. The Balaban J connectivity index is 0.000000143. The van der Waals surface area contributed by atoms with Gasteiger partial charge >= 0.3 is 34.1 Å². The first-order valence-corrected chi connectivity index (χ1v) is 39.4. The van der Waals surface area contributed by atoms with Crippen LogP contribution < -0.4 is 11.5 Å². The van der Waals surface area contributed by atoms with E-state index in [1.54, 1.807) is 0 Å². The van der Waals surface area contributed by atoms with Crippen molar-refractivity contribution >= 4 is 61.9 Å². The summed E-state index contributed by atoms with van der Waals surface area (Å²) in [5, 5.41) is 0. The van der Waals surface area contributed by atoms with Gasteiger partial charge in [-0.3, -0.25) is 0 Å². The van der Waals surface area contributed by atoms with Gasteiger partial charge in [0.05, 0.1) is 0 Å². The number of anilines is 2. The van der Waals surface area contributed by atoms with Crippen LogP contribution >= 0.6 is 0 Å². The molecule has 0 aromatic heterocycles. The quantitative estimate of drug-likeness (QED) is 0.0722. The van der Waals surface area contributed by atoms with Gasteiger partial charge in [-0.25, -0.2) is 0 Å². The molecule has 0 heterocycles. The molecule has 0 spiro atoms. The topological polar surface area (TPSA) is 52.0 Å². The van der Waals surface area contributed by atoms with Crippen molar-refractivity contribution in [1.82, 2.24) is 0 Å². The summed E-state index contributed by atoms with van der Waals surface area (Å²) in [4.78, 5) is 3.60. The van der Waals surface area contributed by atoms with Crippen LogP contribution in [0.2, 0.25) is 0 Å². The van der Waals surface area contributed by atoms with Gasteiger partial charge in [0, 0.05) is 11.4 Å². The Labute approximate surface area is 727 Å². The third kappa shape index (κ3) is 22.9. The van der Waals surface area contributed by atoms with Crippen molar-refractivity contribution in [2.75, 3.05) is 11.5 Å². The number of hydrogen-bond acceptors (Lipinski definition) is 6. The van der Waals surface area contributed by atoms with Crippen molar-refractivity contribution in [3.63, 3.8) is 0 Å². The summed E-state index contributed by atoms with van der Waals surface area (Å²) < 4.78 is 0. The van der Waals surface area contributed by atoms with Gasteiger partial charge in [0.2, 0.25) is 0 Å². The van der Waals surface area contributed by atoms with Crippen LogP contribution in [0, 0.1) is 0 Å². The molecule has 0 unspecified atom stereocenters. The number of para-hydroxylation sites is 2. The zero-order valence-electron chi connectivity index (χ0n) is 63.5. The van der Waals surface area contributed by atoms with Crippen LogP contribution in [0.15, 0.2) is 493 Å². The predicted molar refractivity (Wildman–Crippen MR) is 495 cm³/mol. The fraction of sp³-hybridized carbons (Fsp3) is 0. The molecule has 18 aromatic carbocycles. The van der Waals surface area contributed by atoms with Crippen molar-refractivity contribution < 1.29 is 34.1 Å². The molecular formula is C108H82Fe2N2S4. The molecule has 18 aromatic rings. The molecule has 8 heteroatoms. The molecule has 0 amide bonds. The summed E-state index contributed by atoms with van der Waals surface area (Å²) in [6.45, 7) is 0. The third-order valence-electron chi connectivity index (χ3n) is 19.1. The van der Waals surface area contributed by atoms with E-state index in [2.05, 4.69) is 340 Å². The van der Waals surface area contributed by atoms with E-state index in [0.717, 1.165) is 120 Å². The van der Waals surface area contributed by atoms with Gasteiger partial charge < -0.3 is 62.0 Å². The maximum absolute atomic E-state index is 5.87. The van der Waals surface area contributed by atoms with Gasteiger partial charge in [0.25, 0.3) is 0 Å². The molecule has 0 aliphatic carbocycles. The van der Waals surface area contributed by atoms with Gasteiger partial charge in [-0.2, -0.15) is 19.6 Å². The fourth-order valence-electron chi connectivity index (χ4n) is 13.3. The number of rotatable bonds is 12. The second-order valence-corrected chi connectivity index (χ2v) is 28.4. The maximum atomic E-state index is 5.87. The molecule has 18 rings (SSSR count). The zero-order valence-corrected chi connectivity index (χ0v) is 69.0. The molecule has 0 radical (unpaired) electrons. The second kappa shape index (κ2) is 43.7. The van der Waals surface area contributed by atoms with E-state index in [4.69, 9.17) is 62.0 Å². The zero-order chi connectivity index (χ0) is 78.5. The average molecular weight is 1650 g/mol. The van der Waals surface area contributed by atoms with Crippen molar-refractivity contribution in [3.05, 3.63) is 473 Å². The summed E-state index contributed by atoms with van der Waals surface area (Å²) in [6.07, 6.45) is 0. The van der Waals surface area contributed by atoms with Crippen LogP contribution in [-0.4, -0.2) is 0 Å². The Morgan fingerprint density at radius 1 is 0.121 bits per heavy atom. The van der Waals surface area contributed by atoms with E-state index in [9.17, 15) is 0 Å². The summed E-state index contributed by atoms with van der Waals surface area (Å²) in [6, 6.07) is 162. The maximum Gasteiger partial charge on any atom is 2.00 e. The summed E-state index contributed by atoms with van der Waals surface area (Å²) in [5.74, 6) is 0. The van der Waals surface area contributed by atoms with E-state index in [-0.39, 0.29) is 34.1 Å². The Hall–Kier alpha value is -12.5. The van der Waals surface area contributed by atoms with Crippen LogP contribution in [0.4, 0.5) is 11.4 Å².